The summed E-state index contributed by atoms with van der Waals surface area (Å²) in [5.41, 5.74) is 0.178. The highest BCUT2D eigenvalue weighted by atomic mass is 16.5. The molecule has 1 saturated carbocycles. The van der Waals surface area contributed by atoms with E-state index in [1.54, 1.807) is 12.1 Å². The largest absolute Gasteiger partial charge is 0.494 e. The second-order valence-electron chi connectivity index (χ2n) is 6.49. The van der Waals surface area contributed by atoms with E-state index in [9.17, 15) is 9.59 Å². The quantitative estimate of drug-likeness (QED) is 0.636. The smallest absolute Gasteiger partial charge is 0.241 e. The second kappa shape index (κ2) is 4.70. The molecule has 3 atom stereocenters. The minimum Gasteiger partial charge on any atom is -0.494 e. The van der Waals surface area contributed by atoms with Gasteiger partial charge < -0.3 is 4.74 Å². The van der Waals surface area contributed by atoms with E-state index in [1.807, 2.05) is 19.1 Å². The summed E-state index contributed by atoms with van der Waals surface area (Å²) in [5, 5.41) is 0. The zero-order valence-corrected chi connectivity index (χ0v) is 12.6. The molecular formula is C18H19NO3. The van der Waals surface area contributed by atoms with Crippen molar-refractivity contribution in [2.45, 2.75) is 26.2 Å². The highest BCUT2D eigenvalue weighted by molar-refractivity contribution is 6.23. The number of nitrogens with zero attached hydrogens (tertiary/aromatic N) is 1. The van der Waals surface area contributed by atoms with Gasteiger partial charge in [-0.2, -0.15) is 0 Å². The van der Waals surface area contributed by atoms with Crippen molar-refractivity contribution in [2.75, 3.05) is 11.5 Å². The number of benzene rings is 1. The summed E-state index contributed by atoms with van der Waals surface area (Å²) in [6.07, 6.45) is 6.54. The molecular weight excluding hydrogens is 278 g/mol. The monoisotopic (exact) mass is 297 g/mol. The first-order valence-corrected chi connectivity index (χ1v) is 7.92. The molecule has 22 heavy (non-hydrogen) atoms. The molecule has 1 saturated heterocycles. The van der Waals surface area contributed by atoms with Crippen LogP contribution in [-0.2, 0) is 9.59 Å². The third-order valence-electron chi connectivity index (χ3n) is 5.26. The van der Waals surface area contributed by atoms with Gasteiger partial charge in [-0.05, 0) is 55.9 Å². The van der Waals surface area contributed by atoms with Gasteiger partial charge in [0.15, 0.2) is 0 Å². The zero-order valence-electron chi connectivity index (χ0n) is 12.6. The number of rotatable bonds is 3. The van der Waals surface area contributed by atoms with E-state index in [1.165, 1.54) is 4.90 Å². The number of imide groups is 1. The van der Waals surface area contributed by atoms with E-state index >= 15 is 0 Å². The number of allylic oxidation sites excluding steroid dienone is 2. The van der Waals surface area contributed by atoms with E-state index in [2.05, 4.69) is 12.2 Å². The van der Waals surface area contributed by atoms with Gasteiger partial charge in [0.25, 0.3) is 0 Å². The van der Waals surface area contributed by atoms with Crippen LogP contribution < -0.4 is 9.64 Å². The second-order valence-corrected chi connectivity index (χ2v) is 6.49. The molecule has 1 aromatic rings. The lowest BCUT2D eigenvalue weighted by Gasteiger charge is -2.28. The summed E-state index contributed by atoms with van der Waals surface area (Å²) in [7, 11) is 0. The van der Waals surface area contributed by atoms with Crippen LogP contribution in [0.3, 0.4) is 0 Å². The molecule has 1 heterocycles. The van der Waals surface area contributed by atoms with Crippen LogP contribution in [0.5, 0.6) is 5.75 Å². The van der Waals surface area contributed by atoms with Crippen LogP contribution >= 0.6 is 0 Å². The molecule has 0 N–H and O–H groups in total. The lowest BCUT2D eigenvalue weighted by atomic mass is 9.74. The maximum absolute atomic E-state index is 13.0. The highest BCUT2D eigenvalue weighted by Gasteiger charge is 2.60. The number of ether oxygens (including phenoxy) is 1. The van der Waals surface area contributed by atoms with Crippen molar-refractivity contribution < 1.29 is 14.3 Å². The Hall–Kier alpha value is -2.10. The van der Waals surface area contributed by atoms with Gasteiger partial charge >= 0.3 is 0 Å². The Morgan fingerprint density at radius 1 is 1.23 bits per heavy atom. The van der Waals surface area contributed by atoms with E-state index in [0.717, 1.165) is 18.6 Å². The first-order chi connectivity index (χ1) is 10.6. The normalized spacial score (nSPS) is 32.5. The summed E-state index contributed by atoms with van der Waals surface area (Å²) in [4.78, 5) is 26.8. The van der Waals surface area contributed by atoms with Crippen LogP contribution in [0.1, 0.15) is 26.2 Å². The van der Waals surface area contributed by atoms with Crippen LogP contribution in [0.4, 0.5) is 5.69 Å². The average molecular weight is 297 g/mol. The minimum atomic E-state index is -0.477. The van der Waals surface area contributed by atoms with Gasteiger partial charge in [-0.15, -0.1) is 0 Å². The maximum Gasteiger partial charge on any atom is 0.241 e. The number of amides is 2. The van der Waals surface area contributed by atoms with Crippen molar-refractivity contribution >= 4 is 17.5 Å². The van der Waals surface area contributed by atoms with Gasteiger partial charge in [0.2, 0.25) is 11.8 Å². The summed E-state index contributed by atoms with van der Waals surface area (Å²) < 4.78 is 5.41. The Balaban J connectivity index is 1.64. The molecule has 114 valence electrons. The molecule has 4 nitrogen and oxygen atoms in total. The number of carbonyl (C=O) groups excluding carboxylic acids is 2. The topological polar surface area (TPSA) is 46.6 Å². The Morgan fingerprint density at radius 3 is 2.59 bits per heavy atom. The molecule has 4 heteroatoms. The molecule has 2 amide bonds. The van der Waals surface area contributed by atoms with Crippen molar-refractivity contribution in [3.05, 3.63) is 36.4 Å². The van der Waals surface area contributed by atoms with Gasteiger partial charge in [-0.25, -0.2) is 0 Å². The maximum atomic E-state index is 13.0. The van der Waals surface area contributed by atoms with E-state index in [4.69, 9.17) is 4.74 Å². The molecule has 4 rings (SSSR count). The van der Waals surface area contributed by atoms with E-state index in [-0.39, 0.29) is 17.7 Å². The number of hydrogen-bond donors (Lipinski definition) is 0. The highest BCUT2D eigenvalue weighted by Crippen LogP contribution is 2.57. The van der Waals surface area contributed by atoms with Gasteiger partial charge in [-0.1, -0.05) is 12.2 Å². The Bertz CT molecular complexity index is 663. The predicted molar refractivity (Wildman–Crippen MR) is 82.5 cm³/mol. The van der Waals surface area contributed by atoms with Gasteiger partial charge in [0, 0.05) is 6.42 Å². The third-order valence-corrected chi connectivity index (χ3v) is 5.26. The molecule has 2 aliphatic carbocycles. The summed E-state index contributed by atoms with van der Waals surface area (Å²) in [5.74, 6) is 1.38. The molecule has 0 aromatic heterocycles. The fraction of sp³-hybridized carbons (Fsp3) is 0.444. The minimum absolute atomic E-state index is 0.0153. The van der Waals surface area contributed by atoms with Crippen LogP contribution in [0, 0.1) is 17.3 Å². The van der Waals surface area contributed by atoms with Crippen molar-refractivity contribution in [2.24, 2.45) is 17.3 Å². The lowest BCUT2D eigenvalue weighted by Crippen LogP contribution is -2.38. The van der Waals surface area contributed by atoms with Crippen LogP contribution in [-0.4, -0.2) is 18.4 Å². The first-order valence-electron chi connectivity index (χ1n) is 7.92. The van der Waals surface area contributed by atoms with Crippen LogP contribution in [0.2, 0.25) is 0 Å². The van der Waals surface area contributed by atoms with E-state index in [0.29, 0.717) is 24.6 Å². The summed E-state index contributed by atoms with van der Waals surface area (Å²) >= 11 is 0. The van der Waals surface area contributed by atoms with Crippen LogP contribution in [0.25, 0.3) is 0 Å². The van der Waals surface area contributed by atoms with Gasteiger partial charge in [-0.3, -0.25) is 14.5 Å². The molecule has 3 unspecified atom stereocenters. The molecule has 1 aromatic carbocycles. The average Bonchev–Trinajstić information content (AvgIpc) is 3.16. The molecule has 2 fully saturated rings. The number of fused-ring (bicyclic) bond motifs is 3. The molecule has 1 aliphatic heterocycles. The Labute approximate surface area is 129 Å². The summed E-state index contributed by atoms with van der Waals surface area (Å²) in [6, 6.07) is 7.21. The van der Waals surface area contributed by atoms with Gasteiger partial charge in [0.05, 0.1) is 17.7 Å². The standard InChI is InChI=1S/C18H19NO3/c1-2-22-15-7-5-14(6-8-15)19-16(20)11-18(17(19)21)10-12-3-4-13(18)9-12/h3-8,12-13H,2,9-11H2,1H3. The molecule has 2 bridgehead atoms. The van der Waals surface area contributed by atoms with E-state index < -0.39 is 5.41 Å². The first kappa shape index (κ1) is 13.6. The Kier molecular flexibility index (Phi) is 2.90. The molecule has 0 radical (unpaired) electrons. The fourth-order valence-corrected chi connectivity index (χ4v) is 4.28. The van der Waals surface area contributed by atoms with Gasteiger partial charge in [0.1, 0.15) is 5.75 Å². The molecule has 1 spiro atoms. The third kappa shape index (κ3) is 1.76. The Morgan fingerprint density at radius 2 is 2.00 bits per heavy atom. The van der Waals surface area contributed by atoms with Crippen LogP contribution in [0.15, 0.2) is 36.4 Å². The zero-order chi connectivity index (χ0) is 15.3. The number of hydrogen-bond acceptors (Lipinski definition) is 3. The van der Waals surface area contributed by atoms with Crippen molar-refractivity contribution in [3.8, 4) is 5.75 Å². The van der Waals surface area contributed by atoms with Crippen molar-refractivity contribution in [1.29, 1.82) is 0 Å². The SMILES string of the molecule is CCOc1ccc(N2C(=O)CC3(CC4C=CC3C4)C2=O)cc1. The van der Waals surface area contributed by atoms with Crippen molar-refractivity contribution in [1.82, 2.24) is 0 Å². The number of anilines is 1. The fourth-order valence-electron chi connectivity index (χ4n) is 4.28. The van der Waals surface area contributed by atoms with Crippen molar-refractivity contribution in [3.63, 3.8) is 0 Å². The summed E-state index contributed by atoms with van der Waals surface area (Å²) in [6.45, 7) is 2.52. The predicted octanol–water partition coefficient (Wildman–Crippen LogP) is 2.93. The molecule has 3 aliphatic rings. The lowest BCUT2D eigenvalue weighted by molar-refractivity contribution is -0.126. The number of carbonyl (C=O) groups is 2.